The van der Waals surface area contributed by atoms with Gasteiger partial charge in [0.15, 0.2) is 0 Å². The summed E-state index contributed by atoms with van der Waals surface area (Å²) in [5.41, 5.74) is 7.56. The molecule has 2 aromatic rings. The van der Waals surface area contributed by atoms with Crippen LogP contribution in [0.5, 0.6) is 5.75 Å². The summed E-state index contributed by atoms with van der Waals surface area (Å²) in [4.78, 5) is 24.0. The van der Waals surface area contributed by atoms with Gasteiger partial charge in [-0.15, -0.1) is 0 Å². The van der Waals surface area contributed by atoms with Crippen molar-refractivity contribution in [1.29, 1.82) is 0 Å². The smallest absolute Gasteiger partial charge is 0.335 e. The van der Waals surface area contributed by atoms with Gasteiger partial charge in [-0.1, -0.05) is 35.3 Å². The number of rotatable bonds is 8. The second-order valence-electron chi connectivity index (χ2n) is 7.00. The maximum absolute atomic E-state index is 13.0. The molecule has 0 fully saturated rings. The van der Waals surface area contributed by atoms with E-state index in [0.29, 0.717) is 10.8 Å². The van der Waals surface area contributed by atoms with Crippen LogP contribution >= 0.6 is 23.2 Å². The van der Waals surface area contributed by atoms with Crippen LogP contribution in [0.3, 0.4) is 0 Å². The van der Waals surface area contributed by atoms with Gasteiger partial charge in [0.05, 0.1) is 22.2 Å². The van der Waals surface area contributed by atoms with Crippen LogP contribution in [0, 0.1) is 6.92 Å². The Morgan fingerprint density at radius 3 is 2.35 bits per heavy atom. The second kappa shape index (κ2) is 10.9. The first-order valence-corrected chi connectivity index (χ1v) is 10.2. The molecular weight excluding hydrogens is 439 g/mol. The molecule has 0 heterocycles. The summed E-state index contributed by atoms with van der Waals surface area (Å²) in [6, 6.07) is 11.2. The molecule has 0 bridgehead atoms. The highest BCUT2D eigenvalue weighted by molar-refractivity contribution is 6.31. The molecule has 2 rings (SSSR count). The number of allylic oxidation sites excluding steroid dienone is 2. The molecule has 4 N–H and O–H groups in total. The third-order valence-electron chi connectivity index (χ3n) is 4.49. The Hall–Kier alpha value is -2.96. The SMILES string of the molecule is Cc1cc(Cl)cc(OC(C)/C(=C\C(Cl)=C/N)C(=O)N[C@@H](C)c2ccc(C(=O)O)cc2)c1. The predicted molar refractivity (Wildman–Crippen MR) is 122 cm³/mol. The number of aromatic carboxylic acids is 1. The Balaban J connectivity index is 2.22. The maximum atomic E-state index is 13.0. The number of ether oxygens (including phenoxy) is 1. The normalized spacial score (nSPS) is 14.0. The van der Waals surface area contributed by atoms with Crippen molar-refractivity contribution in [1.82, 2.24) is 5.32 Å². The molecule has 6 nitrogen and oxygen atoms in total. The predicted octanol–water partition coefficient (Wildman–Crippen LogP) is 4.96. The van der Waals surface area contributed by atoms with E-state index in [-0.39, 0.29) is 22.2 Å². The molecule has 1 unspecified atom stereocenters. The molecular formula is C23H24Cl2N2O4. The van der Waals surface area contributed by atoms with Crippen molar-refractivity contribution in [2.75, 3.05) is 0 Å². The molecule has 0 radical (unpaired) electrons. The fourth-order valence-corrected chi connectivity index (χ4v) is 3.28. The lowest BCUT2D eigenvalue weighted by Gasteiger charge is -2.21. The minimum atomic E-state index is -1.01. The fourth-order valence-electron chi connectivity index (χ4n) is 2.88. The summed E-state index contributed by atoms with van der Waals surface area (Å²) in [5.74, 6) is -0.902. The largest absolute Gasteiger partial charge is 0.486 e. The zero-order chi connectivity index (χ0) is 23.1. The van der Waals surface area contributed by atoms with Crippen LogP contribution < -0.4 is 15.8 Å². The molecule has 0 aromatic heterocycles. The Morgan fingerprint density at radius 1 is 1.16 bits per heavy atom. The van der Waals surface area contributed by atoms with E-state index < -0.39 is 18.0 Å². The number of aryl methyl sites for hydroxylation is 1. The van der Waals surface area contributed by atoms with Crippen LogP contribution in [0.25, 0.3) is 0 Å². The van der Waals surface area contributed by atoms with Gasteiger partial charge in [-0.3, -0.25) is 4.79 Å². The molecule has 0 aliphatic carbocycles. The van der Waals surface area contributed by atoms with Crippen molar-refractivity contribution in [2.45, 2.75) is 32.9 Å². The molecule has 0 aliphatic rings. The van der Waals surface area contributed by atoms with Crippen molar-refractivity contribution in [3.63, 3.8) is 0 Å². The zero-order valence-corrected chi connectivity index (χ0v) is 18.9. The Labute approximate surface area is 191 Å². The first kappa shape index (κ1) is 24.3. The third kappa shape index (κ3) is 7.05. The van der Waals surface area contributed by atoms with E-state index in [9.17, 15) is 9.59 Å². The van der Waals surface area contributed by atoms with Gasteiger partial charge in [0, 0.05) is 11.2 Å². The lowest BCUT2D eigenvalue weighted by Crippen LogP contribution is -2.33. The van der Waals surface area contributed by atoms with E-state index in [1.807, 2.05) is 13.0 Å². The van der Waals surface area contributed by atoms with Crippen LogP contribution in [0.4, 0.5) is 0 Å². The van der Waals surface area contributed by atoms with Gasteiger partial charge >= 0.3 is 5.97 Å². The van der Waals surface area contributed by atoms with E-state index in [1.165, 1.54) is 24.4 Å². The summed E-state index contributed by atoms with van der Waals surface area (Å²) in [6.45, 7) is 5.39. The van der Waals surface area contributed by atoms with Gasteiger partial charge < -0.3 is 20.9 Å². The summed E-state index contributed by atoms with van der Waals surface area (Å²) in [6.07, 6.45) is 1.96. The van der Waals surface area contributed by atoms with Crippen LogP contribution in [0.1, 0.15) is 41.4 Å². The van der Waals surface area contributed by atoms with Crippen molar-refractivity contribution in [3.8, 4) is 5.75 Å². The lowest BCUT2D eigenvalue weighted by atomic mass is 10.0. The summed E-state index contributed by atoms with van der Waals surface area (Å²) in [7, 11) is 0. The molecule has 164 valence electrons. The fraction of sp³-hybridized carbons (Fsp3) is 0.217. The van der Waals surface area contributed by atoms with Gasteiger partial charge in [-0.2, -0.15) is 0 Å². The molecule has 0 saturated carbocycles. The number of carboxylic acid groups (broad SMARTS) is 1. The standard InChI is InChI=1S/C23H24Cl2N2O4/c1-13-8-18(24)10-20(9-13)31-15(3)21(11-19(25)12-26)22(28)27-14(2)16-4-6-17(7-5-16)23(29)30/h4-12,14-15H,26H2,1-3H3,(H,27,28)(H,29,30)/b19-12+,21-11+/t14-,15?/m0/s1. The molecule has 1 amide bonds. The number of hydrogen-bond acceptors (Lipinski definition) is 4. The Bertz CT molecular complexity index is 996. The van der Waals surface area contributed by atoms with Crippen LogP contribution in [0.2, 0.25) is 5.02 Å². The average molecular weight is 463 g/mol. The number of benzene rings is 2. The number of amides is 1. The van der Waals surface area contributed by atoms with Crippen LogP contribution in [-0.4, -0.2) is 23.1 Å². The Kier molecular flexibility index (Phi) is 8.54. The van der Waals surface area contributed by atoms with Crippen molar-refractivity contribution >= 4 is 35.1 Å². The van der Waals surface area contributed by atoms with E-state index >= 15 is 0 Å². The summed E-state index contributed by atoms with van der Waals surface area (Å²) >= 11 is 12.1. The molecule has 2 atom stereocenters. The van der Waals surface area contributed by atoms with E-state index in [2.05, 4.69) is 5.32 Å². The minimum Gasteiger partial charge on any atom is -0.486 e. The highest BCUT2D eigenvalue weighted by Crippen LogP contribution is 2.24. The number of halogens is 2. The molecule has 0 saturated heterocycles. The summed E-state index contributed by atoms with van der Waals surface area (Å²) in [5, 5.41) is 12.6. The van der Waals surface area contributed by atoms with Crippen LogP contribution in [-0.2, 0) is 4.79 Å². The number of nitrogens with one attached hydrogen (secondary N) is 1. The van der Waals surface area contributed by atoms with E-state index in [4.69, 9.17) is 38.8 Å². The maximum Gasteiger partial charge on any atom is 0.335 e. The highest BCUT2D eigenvalue weighted by Gasteiger charge is 2.21. The quantitative estimate of drug-likeness (QED) is 0.380. The average Bonchev–Trinajstić information content (AvgIpc) is 2.70. The highest BCUT2D eigenvalue weighted by atomic mass is 35.5. The molecule has 2 aromatic carbocycles. The first-order chi connectivity index (χ1) is 14.6. The molecule has 31 heavy (non-hydrogen) atoms. The van der Waals surface area contributed by atoms with Crippen LogP contribution in [0.15, 0.2) is 65.3 Å². The number of carbonyl (C=O) groups is 2. The van der Waals surface area contributed by atoms with Crippen molar-refractivity contribution in [3.05, 3.63) is 87.1 Å². The first-order valence-electron chi connectivity index (χ1n) is 9.47. The van der Waals surface area contributed by atoms with Gasteiger partial charge in [0.2, 0.25) is 0 Å². The van der Waals surface area contributed by atoms with Gasteiger partial charge in [0.1, 0.15) is 11.9 Å². The molecule has 0 aliphatic heterocycles. The second-order valence-corrected chi connectivity index (χ2v) is 7.87. The number of nitrogens with two attached hydrogens (primary N) is 1. The number of hydrogen-bond donors (Lipinski definition) is 3. The molecule has 0 spiro atoms. The van der Waals surface area contributed by atoms with E-state index in [0.717, 1.165) is 11.1 Å². The van der Waals surface area contributed by atoms with Gasteiger partial charge in [-0.05, 0) is 68.3 Å². The lowest BCUT2D eigenvalue weighted by molar-refractivity contribution is -0.118. The number of carbonyl (C=O) groups excluding carboxylic acids is 1. The van der Waals surface area contributed by atoms with Gasteiger partial charge in [-0.25, -0.2) is 4.79 Å². The van der Waals surface area contributed by atoms with Crippen molar-refractivity contribution < 1.29 is 19.4 Å². The minimum absolute atomic E-state index is 0.168. The van der Waals surface area contributed by atoms with Gasteiger partial charge in [0.25, 0.3) is 5.91 Å². The third-order valence-corrected chi connectivity index (χ3v) is 4.94. The number of carboxylic acids is 1. The van der Waals surface area contributed by atoms with E-state index in [1.54, 1.807) is 38.1 Å². The monoisotopic (exact) mass is 462 g/mol. The zero-order valence-electron chi connectivity index (χ0n) is 17.4. The van der Waals surface area contributed by atoms with Crippen molar-refractivity contribution in [2.24, 2.45) is 5.73 Å². The topological polar surface area (TPSA) is 102 Å². The molecule has 8 heteroatoms. The summed E-state index contributed by atoms with van der Waals surface area (Å²) < 4.78 is 5.93. The Morgan fingerprint density at radius 2 is 1.81 bits per heavy atom.